The van der Waals surface area contributed by atoms with Gasteiger partial charge in [-0.15, -0.1) is 0 Å². The van der Waals surface area contributed by atoms with E-state index in [0.717, 1.165) is 35.4 Å². The Balaban J connectivity index is 1.71. The lowest BCUT2D eigenvalue weighted by Gasteiger charge is -2.08. The van der Waals surface area contributed by atoms with Crippen LogP contribution in [-0.2, 0) is 0 Å². The Bertz CT molecular complexity index is 1500. The minimum absolute atomic E-state index is 0.134. The van der Waals surface area contributed by atoms with Crippen molar-refractivity contribution in [3.63, 3.8) is 0 Å². The summed E-state index contributed by atoms with van der Waals surface area (Å²) in [5.74, 6) is -3.87. The largest absolute Gasteiger partial charge is 0.270 e. The predicted octanol–water partition coefficient (Wildman–Crippen LogP) is 7.76. The Morgan fingerprint density at radius 2 is 1.00 bits per heavy atom. The van der Waals surface area contributed by atoms with Crippen molar-refractivity contribution in [2.45, 2.75) is 0 Å². The molecule has 6 heteroatoms. The second-order valence-electron chi connectivity index (χ2n) is 7.73. The summed E-state index contributed by atoms with van der Waals surface area (Å²) in [7, 11) is 0. The van der Waals surface area contributed by atoms with Gasteiger partial charge in [0.2, 0.25) is 0 Å². The molecule has 5 rings (SSSR count). The van der Waals surface area contributed by atoms with Crippen molar-refractivity contribution in [1.82, 2.24) is 0 Å². The zero-order valence-corrected chi connectivity index (χ0v) is 17.3. The maximum Gasteiger partial charge on any atom is 0.270 e. The second-order valence-corrected chi connectivity index (χ2v) is 7.73. The van der Waals surface area contributed by atoms with Crippen LogP contribution in [0.3, 0.4) is 0 Å². The molecule has 34 heavy (non-hydrogen) atoms. The van der Waals surface area contributed by atoms with Gasteiger partial charge in [0, 0.05) is 5.57 Å². The molecule has 0 spiro atoms. The van der Waals surface area contributed by atoms with Crippen LogP contribution in [0, 0.1) is 41.2 Å². The van der Waals surface area contributed by atoms with Gasteiger partial charge in [0.15, 0.2) is 23.3 Å². The van der Waals surface area contributed by atoms with E-state index in [1.54, 1.807) is 36.4 Å². The highest BCUT2D eigenvalue weighted by atomic mass is 19.2. The molecule has 0 aliphatic heterocycles. The van der Waals surface area contributed by atoms with Gasteiger partial charge in [0.05, 0.1) is 12.6 Å². The summed E-state index contributed by atoms with van der Waals surface area (Å²) >= 11 is 0. The lowest BCUT2D eigenvalue weighted by Crippen LogP contribution is -1.90. The van der Waals surface area contributed by atoms with E-state index < -0.39 is 23.3 Å². The first-order valence-corrected chi connectivity index (χ1v) is 10.1. The lowest BCUT2D eigenvalue weighted by atomic mass is 9.96. The fraction of sp³-hybridized carbons (Fsp3) is 0. The molecule has 0 N–H and O–H groups in total. The lowest BCUT2D eigenvalue weighted by molar-refractivity contribution is 0.509. The summed E-state index contributed by atoms with van der Waals surface area (Å²) in [4.78, 5) is 3.39. The van der Waals surface area contributed by atoms with Gasteiger partial charge in [-0.1, -0.05) is 36.4 Å². The van der Waals surface area contributed by atoms with Gasteiger partial charge in [-0.3, -0.25) is 0 Å². The molecule has 0 fully saturated rings. The van der Waals surface area contributed by atoms with Crippen molar-refractivity contribution in [2.24, 2.45) is 0 Å². The van der Waals surface area contributed by atoms with Gasteiger partial charge in [-0.05, 0) is 80.9 Å². The van der Waals surface area contributed by atoms with Crippen LogP contribution in [0.4, 0.5) is 17.6 Å². The fourth-order valence-electron chi connectivity index (χ4n) is 4.22. The Morgan fingerprint density at radius 3 is 1.38 bits per heavy atom. The van der Waals surface area contributed by atoms with Crippen molar-refractivity contribution < 1.29 is 17.6 Å². The van der Waals surface area contributed by atoms with Crippen molar-refractivity contribution >= 4 is 5.57 Å². The molecular formula is C28H12F4N2. The summed E-state index contributed by atoms with van der Waals surface area (Å²) in [6.45, 7) is 7.51. The molecule has 0 bridgehead atoms. The van der Waals surface area contributed by atoms with E-state index in [4.69, 9.17) is 6.57 Å². The van der Waals surface area contributed by atoms with E-state index >= 15 is 0 Å². The van der Waals surface area contributed by atoms with Crippen LogP contribution in [0.2, 0.25) is 0 Å². The van der Waals surface area contributed by atoms with Gasteiger partial charge in [-0.25, -0.2) is 27.7 Å². The zero-order chi connectivity index (χ0) is 24.0. The number of hydrogen-bond acceptors (Lipinski definition) is 1. The summed E-state index contributed by atoms with van der Waals surface area (Å²) in [5.41, 5.74) is 5.08. The first kappa shape index (κ1) is 21.2. The minimum atomic E-state index is -0.980. The maximum absolute atomic E-state index is 13.8. The molecule has 0 saturated carbocycles. The third kappa shape index (κ3) is 3.34. The van der Waals surface area contributed by atoms with E-state index in [-0.39, 0.29) is 5.70 Å². The Hall–Kier alpha value is -4.68. The molecule has 0 saturated heterocycles. The molecule has 0 radical (unpaired) electrons. The number of nitrogens with zero attached hydrogens (tertiary/aromatic N) is 2. The van der Waals surface area contributed by atoms with E-state index in [2.05, 4.69) is 4.85 Å². The number of hydrogen-bond donors (Lipinski definition) is 0. The number of rotatable bonds is 2. The molecule has 4 aromatic carbocycles. The molecule has 2 nitrogen and oxygen atoms in total. The van der Waals surface area contributed by atoms with Gasteiger partial charge < -0.3 is 0 Å². The number of fused-ring (bicyclic) bond motifs is 3. The smallest absolute Gasteiger partial charge is 0.226 e. The van der Waals surface area contributed by atoms with Crippen molar-refractivity contribution in [2.75, 3.05) is 0 Å². The molecule has 0 heterocycles. The molecule has 162 valence electrons. The number of benzene rings is 4. The molecule has 0 amide bonds. The highest BCUT2D eigenvalue weighted by Crippen LogP contribution is 2.48. The van der Waals surface area contributed by atoms with Crippen LogP contribution in [0.1, 0.15) is 11.1 Å². The monoisotopic (exact) mass is 452 g/mol. The summed E-state index contributed by atoms with van der Waals surface area (Å²) in [6, 6.07) is 19.7. The molecule has 1 aliphatic carbocycles. The molecular weight excluding hydrogens is 440 g/mol. The normalized spacial score (nSPS) is 11.4. The SMILES string of the molecule is [C-]#[N+]C(C#N)=C1c2cc(-c3ccc(F)c(F)c3)ccc2-c2ccc(-c3ccc(F)c(F)c3)cc21. The van der Waals surface area contributed by atoms with Crippen molar-refractivity contribution in [3.05, 3.63) is 124 Å². The number of nitriles is 1. The van der Waals surface area contributed by atoms with Gasteiger partial charge in [0.25, 0.3) is 5.70 Å². The Morgan fingerprint density at radius 1 is 0.588 bits per heavy atom. The third-order valence-corrected chi connectivity index (χ3v) is 5.83. The van der Waals surface area contributed by atoms with Gasteiger partial charge in [-0.2, -0.15) is 0 Å². The molecule has 1 aliphatic rings. The first-order valence-electron chi connectivity index (χ1n) is 10.1. The first-order chi connectivity index (χ1) is 16.4. The van der Waals surface area contributed by atoms with Crippen LogP contribution in [0.5, 0.6) is 0 Å². The highest BCUT2D eigenvalue weighted by Gasteiger charge is 2.27. The fourth-order valence-corrected chi connectivity index (χ4v) is 4.22. The van der Waals surface area contributed by atoms with Crippen molar-refractivity contribution in [1.29, 1.82) is 5.26 Å². The Labute approximate surface area is 192 Å². The quantitative estimate of drug-likeness (QED) is 0.153. The molecule has 0 atom stereocenters. The van der Waals surface area contributed by atoms with Crippen LogP contribution in [-0.4, -0.2) is 0 Å². The average Bonchev–Trinajstić information content (AvgIpc) is 3.16. The number of allylic oxidation sites excluding steroid dienone is 1. The van der Waals surface area contributed by atoms with Crippen molar-refractivity contribution in [3.8, 4) is 39.4 Å². The van der Waals surface area contributed by atoms with Gasteiger partial charge in [0.1, 0.15) is 0 Å². The topological polar surface area (TPSA) is 28.1 Å². The van der Waals surface area contributed by atoms with E-state index in [1.165, 1.54) is 12.1 Å². The molecule has 0 aromatic heterocycles. The summed E-state index contributed by atoms with van der Waals surface area (Å²) < 4.78 is 54.4. The maximum atomic E-state index is 13.8. The van der Waals surface area contributed by atoms with Crippen LogP contribution in [0.15, 0.2) is 78.5 Å². The van der Waals surface area contributed by atoms with Gasteiger partial charge >= 0.3 is 0 Å². The van der Waals surface area contributed by atoms with E-state index in [9.17, 15) is 22.8 Å². The molecule has 4 aromatic rings. The predicted molar refractivity (Wildman–Crippen MR) is 121 cm³/mol. The molecule has 0 unspecified atom stereocenters. The van der Waals surface area contributed by atoms with Crippen LogP contribution >= 0.6 is 0 Å². The van der Waals surface area contributed by atoms with Crippen LogP contribution < -0.4 is 0 Å². The number of halogens is 4. The average molecular weight is 452 g/mol. The summed E-state index contributed by atoms with van der Waals surface area (Å²) in [5, 5.41) is 9.64. The van der Waals surface area contributed by atoms with Crippen LogP contribution in [0.25, 0.3) is 43.8 Å². The second kappa shape index (κ2) is 8.03. The van der Waals surface area contributed by atoms with E-state index in [0.29, 0.717) is 39.0 Å². The van der Waals surface area contributed by atoms with E-state index in [1.807, 2.05) is 6.07 Å². The highest BCUT2D eigenvalue weighted by molar-refractivity contribution is 6.05. The Kier molecular flexibility index (Phi) is 5.00. The standard InChI is InChI=1S/C28H12F4N2/c1-34-27(14-33)28-21-10-15(17-4-8-23(29)25(31)12-17)2-6-19(21)20-7-3-16(11-22(20)28)18-5-9-24(30)26(32)13-18/h2-13H. The zero-order valence-electron chi connectivity index (χ0n) is 17.3. The minimum Gasteiger partial charge on any atom is -0.226 e. The summed E-state index contributed by atoms with van der Waals surface area (Å²) in [6.07, 6.45) is 0. The third-order valence-electron chi connectivity index (χ3n) is 5.83.